The van der Waals surface area contributed by atoms with E-state index in [0.29, 0.717) is 5.56 Å². The number of nitrogens with one attached hydrogen (secondary N) is 1. The van der Waals surface area contributed by atoms with Crippen molar-refractivity contribution in [3.63, 3.8) is 0 Å². The largest absolute Gasteiger partial charge is 0.573 e. The summed E-state index contributed by atoms with van der Waals surface area (Å²) >= 11 is 0. The van der Waals surface area contributed by atoms with Crippen LogP contribution in [-0.2, 0) is 4.74 Å². The van der Waals surface area contributed by atoms with E-state index in [4.69, 9.17) is 10.5 Å². The Morgan fingerprint density at radius 2 is 1.95 bits per heavy atom. The summed E-state index contributed by atoms with van der Waals surface area (Å²) in [6.45, 7) is 5.16. The summed E-state index contributed by atoms with van der Waals surface area (Å²) in [4.78, 5) is 11.5. The minimum absolute atomic E-state index is 0.0182. The molecule has 1 rings (SSSR count). The molecule has 0 aliphatic heterocycles. The molecular formula is C14H19F3N2O3. The van der Waals surface area contributed by atoms with Gasteiger partial charge in [-0.05, 0) is 38.5 Å². The van der Waals surface area contributed by atoms with Gasteiger partial charge in [0.2, 0.25) is 0 Å². The lowest BCUT2D eigenvalue weighted by Gasteiger charge is -2.21. The van der Waals surface area contributed by atoms with Gasteiger partial charge in [-0.3, -0.25) is 0 Å². The van der Waals surface area contributed by atoms with Crippen molar-refractivity contribution < 1.29 is 27.4 Å². The van der Waals surface area contributed by atoms with Crippen molar-refractivity contribution in [1.29, 1.82) is 0 Å². The summed E-state index contributed by atoms with van der Waals surface area (Å²) in [7, 11) is 0. The number of carbonyl (C=O) groups is 1. The van der Waals surface area contributed by atoms with E-state index in [9.17, 15) is 18.0 Å². The summed E-state index contributed by atoms with van der Waals surface area (Å²) in [5.74, 6) is -0.363. The molecule has 1 atom stereocenters. The van der Waals surface area contributed by atoms with E-state index in [0.717, 1.165) is 0 Å². The molecule has 0 spiro atoms. The van der Waals surface area contributed by atoms with E-state index < -0.39 is 24.1 Å². The van der Waals surface area contributed by atoms with Gasteiger partial charge in [0, 0.05) is 12.6 Å². The molecule has 0 aliphatic rings. The molecule has 0 saturated carbocycles. The number of hydrogen-bond donors (Lipinski definition) is 2. The lowest BCUT2D eigenvalue weighted by atomic mass is 10.1. The Hall–Kier alpha value is -1.96. The normalized spacial score (nSPS) is 13.4. The predicted molar refractivity (Wildman–Crippen MR) is 74.3 cm³/mol. The first-order valence-corrected chi connectivity index (χ1v) is 6.54. The van der Waals surface area contributed by atoms with E-state index in [2.05, 4.69) is 10.1 Å². The highest BCUT2D eigenvalue weighted by molar-refractivity contribution is 5.67. The van der Waals surface area contributed by atoms with Gasteiger partial charge in [0.25, 0.3) is 0 Å². The molecule has 0 radical (unpaired) electrons. The molecule has 0 fully saturated rings. The molecular weight excluding hydrogens is 301 g/mol. The summed E-state index contributed by atoms with van der Waals surface area (Å²) < 4.78 is 45.3. The van der Waals surface area contributed by atoms with Gasteiger partial charge in [-0.15, -0.1) is 13.2 Å². The third kappa shape index (κ3) is 7.16. The minimum Gasteiger partial charge on any atom is -0.444 e. The number of benzene rings is 1. The fourth-order valence-corrected chi connectivity index (χ4v) is 1.57. The number of rotatable bonds is 4. The Morgan fingerprint density at radius 1 is 1.32 bits per heavy atom. The van der Waals surface area contributed by atoms with Crippen molar-refractivity contribution >= 4 is 6.09 Å². The van der Waals surface area contributed by atoms with Crippen LogP contribution in [0, 0.1) is 0 Å². The standard InChI is InChI=1S/C14H19F3N2O3/c1-13(2,3)22-12(20)19-8-11(18)9-5-4-6-10(7-9)21-14(15,16)17/h4-7,11H,8,18H2,1-3H3,(H,19,20). The second-order valence-electron chi connectivity index (χ2n) is 5.61. The number of nitrogens with two attached hydrogens (primary N) is 1. The van der Waals surface area contributed by atoms with E-state index in [-0.39, 0.29) is 12.3 Å². The maximum atomic E-state index is 12.2. The Labute approximate surface area is 126 Å². The lowest BCUT2D eigenvalue weighted by molar-refractivity contribution is -0.274. The van der Waals surface area contributed by atoms with Crippen molar-refractivity contribution in [1.82, 2.24) is 5.32 Å². The van der Waals surface area contributed by atoms with Crippen LogP contribution in [0.15, 0.2) is 24.3 Å². The van der Waals surface area contributed by atoms with E-state index >= 15 is 0 Å². The maximum Gasteiger partial charge on any atom is 0.573 e. The van der Waals surface area contributed by atoms with Crippen LogP contribution in [0.5, 0.6) is 5.75 Å². The summed E-state index contributed by atoms with van der Waals surface area (Å²) in [5, 5.41) is 2.46. The summed E-state index contributed by atoms with van der Waals surface area (Å²) in [5.41, 5.74) is 5.59. The first-order valence-electron chi connectivity index (χ1n) is 6.54. The van der Waals surface area contributed by atoms with Crippen LogP contribution < -0.4 is 15.8 Å². The van der Waals surface area contributed by atoms with Gasteiger partial charge in [-0.2, -0.15) is 0 Å². The van der Waals surface area contributed by atoms with Crippen molar-refractivity contribution in [3.8, 4) is 5.75 Å². The van der Waals surface area contributed by atoms with Gasteiger partial charge in [0.1, 0.15) is 11.4 Å². The Morgan fingerprint density at radius 3 is 2.50 bits per heavy atom. The second-order valence-corrected chi connectivity index (χ2v) is 5.61. The Kier molecular flexibility index (Phi) is 5.65. The van der Waals surface area contributed by atoms with Crippen LogP contribution in [0.2, 0.25) is 0 Å². The highest BCUT2D eigenvalue weighted by Crippen LogP contribution is 2.24. The van der Waals surface area contributed by atoms with Gasteiger partial charge in [0.15, 0.2) is 0 Å². The third-order valence-electron chi connectivity index (χ3n) is 2.39. The molecule has 1 aromatic carbocycles. The SMILES string of the molecule is CC(C)(C)OC(=O)NCC(N)c1cccc(OC(F)(F)F)c1. The van der Waals surface area contributed by atoms with Crippen LogP contribution in [0.3, 0.4) is 0 Å². The quantitative estimate of drug-likeness (QED) is 0.894. The summed E-state index contributed by atoms with van der Waals surface area (Å²) in [6, 6.07) is 4.60. The zero-order valence-electron chi connectivity index (χ0n) is 12.5. The average Bonchev–Trinajstić information content (AvgIpc) is 2.32. The fraction of sp³-hybridized carbons (Fsp3) is 0.500. The Balaban J connectivity index is 2.61. The van der Waals surface area contributed by atoms with E-state index in [1.807, 2.05) is 0 Å². The molecule has 0 aromatic heterocycles. The van der Waals surface area contributed by atoms with Crippen molar-refractivity contribution in [2.45, 2.75) is 38.8 Å². The molecule has 3 N–H and O–H groups in total. The molecule has 0 heterocycles. The van der Waals surface area contributed by atoms with Crippen molar-refractivity contribution in [2.75, 3.05) is 6.54 Å². The minimum atomic E-state index is -4.77. The zero-order chi connectivity index (χ0) is 17.0. The molecule has 0 saturated heterocycles. The number of carbonyl (C=O) groups excluding carboxylic acids is 1. The number of alkyl carbamates (subject to hydrolysis) is 1. The molecule has 22 heavy (non-hydrogen) atoms. The van der Waals surface area contributed by atoms with Crippen LogP contribution >= 0.6 is 0 Å². The zero-order valence-corrected chi connectivity index (χ0v) is 12.5. The molecule has 1 aromatic rings. The fourth-order valence-electron chi connectivity index (χ4n) is 1.57. The lowest BCUT2D eigenvalue weighted by Crippen LogP contribution is -2.36. The first kappa shape index (κ1) is 18.1. The number of ether oxygens (including phenoxy) is 2. The van der Waals surface area contributed by atoms with Crippen LogP contribution in [0.1, 0.15) is 32.4 Å². The second kappa shape index (κ2) is 6.87. The third-order valence-corrected chi connectivity index (χ3v) is 2.39. The van der Waals surface area contributed by atoms with Gasteiger partial charge in [-0.25, -0.2) is 4.79 Å². The van der Waals surface area contributed by atoms with Gasteiger partial charge in [-0.1, -0.05) is 12.1 Å². The first-order chi connectivity index (χ1) is 9.96. The molecule has 0 aliphatic carbocycles. The molecule has 5 nitrogen and oxygen atoms in total. The van der Waals surface area contributed by atoms with Crippen molar-refractivity contribution in [3.05, 3.63) is 29.8 Å². The number of amides is 1. The van der Waals surface area contributed by atoms with Crippen LogP contribution in [-0.4, -0.2) is 24.6 Å². The maximum absolute atomic E-state index is 12.2. The topological polar surface area (TPSA) is 73.6 Å². The summed E-state index contributed by atoms with van der Waals surface area (Å²) in [6.07, 6.45) is -5.41. The molecule has 1 unspecified atom stereocenters. The smallest absolute Gasteiger partial charge is 0.444 e. The van der Waals surface area contributed by atoms with Gasteiger partial charge in [0.05, 0.1) is 0 Å². The predicted octanol–water partition coefficient (Wildman–Crippen LogP) is 3.11. The average molecular weight is 320 g/mol. The molecule has 8 heteroatoms. The van der Waals surface area contributed by atoms with E-state index in [1.54, 1.807) is 26.8 Å². The number of alkyl halides is 3. The highest BCUT2D eigenvalue weighted by atomic mass is 19.4. The van der Waals surface area contributed by atoms with Crippen LogP contribution in [0.25, 0.3) is 0 Å². The molecule has 0 bridgehead atoms. The van der Waals surface area contributed by atoms with Gasteiger partial charge < -0.3 is 20.5 Å². The number of halogens is 3. The van der Waals surface area contributed by atoms with Crippen molar-refractivity contribution in [2.24, 2.45) is 5.73 Å². The monoisotopic (exact) mass is 320 g/mol. The van der Waals surface area contributed by atoms with Gasteiger partial charge >= 0.3 is 12.5 Å². The molecule has 1 amide bonds. The highest BCUT2D eigenvalue weighted by Gasteiger charge is 2.31. The Bertz CT molecular complexity index is 513. The van der Waals surface area contributed by atoms with E-state index in [1.165, 1.54) is 18.2 Å². The molecule has 124 valence electrons. The number of hydrogen-bond acceptors (Lipinski definition) is 4. The van der Waals surface area contributed by atoms with Crippen LogP contribution in [0.4, 0.5) is 18.0 Å².